The molecule has 4 nitrogen and oxygen atoms in total. The van der Waals surface area contributed by atoms with Gasteiger partial charge in [-0.3, -0.25) is 0 Å². The molecule has 2 unspecified atom stereocenters. The third-order valence-electron chi connectivity index (χ3n) is 3.84. The Kier molecular flexibility index (Phi) is 4.55. The van der Waals surface area contributed by atoms with Crippen LogP contribution in [-0.4, -0.2) is 31.7 Å². The number of fused-ring (bicyclic) bond motifs is 2. The molecule has 2 atom stereocenters. The Hall–Kier alpha value is -1.72. The Labute approximate surface area is 134 Å². The van der Waals surface area contributed by atoms with E-state index in [0.717, 1.165) is 28.9 Å². The summed E-state index contributed by atoms with van der Waals surface area (Å²) in [5.41, 5.74) is 3.31. The predicted molar refractivity (Wildman–Crippen MR) is 86.0 cm³/mol. The molecule has 3 rings (SSSR count). The lowest BCUT2D eigenvalue weighted by atomic mass is 9.87. The van der Waals surface area contributed by atoms with Crippen molar-refractivity contribution in [3.8, 4) is 0 Å². The van der Waals surface area contributed by atoms with E-state index in [-0.39, 0.29) is 6.10 Å². The third kappa shape index (κ3) is 2.78. The quantitative estimate of drug-likeness (QED) is 0.731. The fraction of sp³-hybridized carbons (Fsp3) is 0.353. The van der Waals surface area contributed by atoms with Gasteiger partial charge in [-0.2, -0.15) is 0 Å². The van der Waals surface area contributed by atoms with E-state index in [1.54, 1.807) is 18.0 Å². The highest BCUT2D eigenvalue weighted by molar-refractivity contribution is 8.02. The van der Waals surface area contributed by atoms with Gasteiger partial charge in [0.05, 0.1) is 13.4 Å². The number of thioether (sulfide) groups is 1. The smallest absolute Gasteiger partial charge is 0.376 e. The molecular formula is C17H18O4S. The molecule has 22 heavy (non-hydrogen) atoms. The van der Waals surface area contributed by atoms with Crippen LogP contribution in [0, 0.1) is 0 Å². The second-order valence-electron chi connectivity index (χ2n) is 5.09. The van der Waals surface area contributed by atoms with Crippen LogP contribution in [0.3, 0.4) is 0 Å². The van der Waals surface area contributed by atoms with E-state index in [4.69, 9.17) is 14.2 Å². The summed E-state index contributed by atoms with van der Waals surface area (Å²) in [6, 6.07) is 0. The van der Waals surface area contributed by atoms with Crippen LogP contribution < -0.4 is 0 Å². The molecule has 0 fully saturated rings. The third-order valence-corrected chi connectivity index (χ3v) is 4.66. The fourth-order valence-electron chi connectivity index (χ4n) is 2.75. The number of hydrogen-bond acceptors (Lipinski definition) is 5. The molecule has 116 valence electrons. The van der Waals surface area contributed by atoms with E-state index in [0.29, 0.717) is 0 Å². The first-order chi connectivity index (χ1) is 10.7. The van der Waals surface area contributed by atoms with Crippen molar-refractivity contribution < 1.29 is 19.0 Å². The van der Waals surface area contributed by atoms with Gasteiger partial charge in [-0.1, -0.05) is 24.3 Å². The van der Waals surface area contributed by atoms with Gasteiger partial charge in [0.1, 0.15) is 6.10 Å². The van der Waals surface area contributed by atoms with Crippen LogP contribution in [0.2, 0.25) is 0 Å². The summed E-state index contributed by atoms with van der Waals surface area (Å²) in [6.07, 6.45) is 14.4. The van der Waals surface area contributed by atoms with Gasteiger partial charge < -0.3 is 14.2 Å². The van der Waals surface area contributed by atoms with Crippen LogP contribution in [0.25, 0.3) is 0 Å². The van der Waals surface area contributed by atoms with E-state index in [9.17, 15) is 4.79 Å². The fourth-order valence-corrected chi connectivity index (χ4v) is 3.36. The van der Waals surface area contributed by atoms with Gasteiger partial charge in [0.25, 0.3) is 6.29 Å². The molecule has 5 heteroatoms. The summed E-state index contributed by atoms with van der Waals surface area (Å²) < 4.78 is 16.3. The van der Waals surface area contributed by atoms with Crippen LogP contribution in [0.1, 0.15) is 12.8 Å². The summed E-state index contributed by atoms with van der Waals surface area (Å²) in [5, 5.41) is 0. The van der Waals surface area contributed by atoms with Crippen molar-refractivity contribution in [2.24, 2.45) is 0 Å². The van der Waals surface area contributed by atoms with Crippen molar-refractivity contribution >= 4 is 17.7 Å². The lowest BCUT2D eigenvalue weighted by molar-refractivity contribution is -0.185. The zero-order valence-corrected chi connectivity index (χ0v) is 13.4. The van der Waals surface area contributed by atoms with Gasteiger partial charge in [0.15, 0.2) is 0 Å². The zero-order chi connectivity index (χ0) is 15.5. The monoisotopic (exact) mass is 318 g/mol. The van der Waals surface area contributed by atoms with E-state index >= 15 is 0 Å². The van der Waals surface area contributed by atoms with Crippen molar-refractivity contribution in [1.29, 1.82) is 0 Å². The van der Waals surface area contributed by atoms with Crippen LogP contribution in [0.15, 0.2) is 58.3 Å². The summed E-state index contributed by atoms with van der Waals surface area (Å²) in [6.45, 7) is 0. The molecule has 1 heterocycles. The number of methoxy groups -OCH3 is 1. The largest absolute Gasteiger partial charge is 0.464 e. The minimum atomic E-state index is -1.06. The van der Waals surface area contributed by atoms with Crippen LogP contribution in [0.4, 0.5) is 0 Å². The minimum absolute atomic E-state index is 0.297. The molecule has 0 amide bonds. The summed E-state index contributed by atoms with van der Waals surface area (Å²) in [7, 11) is 1.33. The van der Waals surface area contributed by atoms with Gasteiger partial charge in [-0.05, 0) is 36.3 Å². The van der Waals surface area contributed by atoms with Gasteiger partial charge in [-0.25, -0.2) is 4.79 Å². The first-order valence-corrected chi connectivity index (χ1v) is 8.38. The molecule has 2 aliphatic carbocycles. The molecule has 0 saturated heterocycles. The SMILES string of the molecule is COC(=O)C1OC=C2C=CCC/C2=C2\C=CC=C(SC)C2O1. The van der Waals surface area contributed by atoms with Crippen LogP contribution in [-0.2, 0) is 19.0 Å². The van der Waals surface area contributed by atoms with E-state index in [1.165, 1.54) is 12.7 Å². The molecule has 0 aromatic heterocycles. The first-order valence-electron chi connectivity index (χ1n) is 7.15. The number of carbonyl (C=O) groups excluding carboxylic acids is 1. The van der Waals surface area contributed by atoms with Crippen molar-refractivity contribution in [2.75, 3.05) is 13.4 Å². The van der Waals surface area contributed by atoms with Crippen molar-refractivity contribution in [1.82, 2.24) is 0 Å². The molecule has 0 N–H and O–H groups in total. The molecule has 3 aliphatic rings. The summed E-state index contributed by atoms with van der Waals surface area (Å²) >= 11 is 1.61. The average Bonchev–Trinajstić information content (AvgIpc) is 2.56. The Morgan fingerprint density at radius 2 is 2.27 bits per heavy atom. The summed E-state index contributed by atoms with van der Waals surface area (Å²) in [5.74, 6) is -0.533. The lowest BCUT2D eigenvalue weighted by Gasteiger charge is -2.31. The standard InChI is InChI=1S/C17H18O4S/c1-19-16(18)17-20-10-11-6-3-4-7-12(11)13-8-5-9-14(22-2)15(13)21-17/h3,5-6,8-10,15,17H,4,7H2,1-2H3/b11-10?,13-12-. The number of ether oxygens (including phenoxy) is 3. The first kappa shape index (κ1) is 15.2. The number of carbonyl (C=O) groups is 1. The maximum atomic E-state index is 11.9. The minimum Gasteiger partial charge on any atom is -0.464 e. The molecule has 0 aromatic carbocycles. The average molecular weight is 318 g/mol. The van der Waals surface area contributed by atoms with E-state index in [1.807, 2.05) is 24.5 Å². The second kappa shape index (κ2) is 6.58. The molecule has 0 saturated carbocycles. The topological polar surface area (TPSA) is 44.8 Å². The van der Waals surface area contributed by atoms with Gasteiger partial charge in [0.2, 0.25) is 0 Å². The Morgan fingerprint density at radius 3 is 3.05 bits per heavy atom. The molecule has 0 bridgehead atoms. The van der Waals surface area contributed by atoms with E-state index < -0.39 is 12.3 Å². The van der Waals surface area contributed by atoms with E-state index in [2.05, 4.69) is 12.2 Å². The van der Waals surface area contributed by atoms with Crippen molar-refractivity contribution in [3.05, 3.63) is 58.3 Å². The number of rotatable bonds is 2. The zero-order valence-electron chi connectivity index (χ0n) is 12.6. The maximum absolute atomic E-state index is 11.9. The van der Waals surface area contributed by atoms with Crippen LogP contribution in [0.5, 0.6) is 0 Å². The Bertz CT molecular complexity index is 625. The number of esters is 1. The maximum Gasteiger partial charge on any atom is 0.376 e. The van der Waals surface area contributed by atoms with Crippen LogP contribution >= 0.6 is 11.8 Å². The number of allylic oxidation sites excluding steroid dienone is 6. The van der Waals surface area contributed by atoms with Crippen molar-refractivity contribution in [2.45, 2.75) is 25.2 Å². The molecule has 0 aromatic rings. The highest BCUT2D eigenvalue weighted by atomic mass is 32.2. The number of hydrogen-bond donors (Lipinski definition) is 0. The van der Waals surface area contributed by atoms with Gasteiger partial charge in [-0.15, -0.1) is 11.8 Å². The molecule has 0 radical (unpaired) electrons. The highest BCUT2D eigenvalue weighted by Gasteiger charge is 2.33. The van der Waals surface area contributed by atoms with Crippen molar-refractivity contribution in [3.63, 3.8) is 0 Å². The molecule has 0 spiro atoms. The van der Waals surface area contributed by atoms with Gasteiger partial charge in [0, 0.05) is 10.5 Å². The normalized spacial score (nSPS) is 30.1. The molecular weight excluding hydrogens is 300 g/mol. The van der Waals surface area contributed by atoms with Gasteiger partial charge >= 0.3 is 5.97 Å². The Morgan fingerprint density at radius 1 is 1.41 bits per heavy atom. The summed E-state index contributed by atoms with van der Waals surface area (Å²) in [4.78, 5) is 12.9. The lowest BCUT2D eigenvalue weighted by Crippen LogP contribution is -2.35. The Balaban J connectivity index is 2.07. The second-order valence-corrected chi connectivity index (χ2v) is 5.97. The predicted octanol–water partition coefficient (Wildman–Crippen LogP) is 3.25. The highest BCUT2D eigenvalue weighted by Crippen LogP contribution is 2.38. The molecule has 1 aliphatic heterocycles.